The molecule has 1 aliphatic rings. The molecular formula is C28H23F3N2O4S2. The highest BCUT2D eigenvalue weighted by Gasteiger charge is 2.34. The number of aryl methyl sites for hydroxylation is 2. The number of anilines is 2. The van der Waals surface area contributed by atoms with Crippen LogP contribution in [0, 0.1) is 13.8 Å². The van der Waals surface area contributed by atoms with Gasteiger partial charge in [0.25, 0.3) is 11.8 Å². The minimum absolute atomic E-state index is 0.205. The number of carbonyl (C=O) groups excluding carboxylic acids is 2. The number of benzene rings is 3. The van der Waals surface area contributed by atoms with Crippen molar-refractivity contribution < 1.29 is 32.2 Å². The van der Waals surface area contributed by atoms with Gasteiger partial charge in [-0.1, -0.05) is 48.2 Å². The molecule has 0 spiro atoms. The van der Waals surface area contributed by atoms with Crippen LogP contribution in [0.3, 0.4) is 0 Å². The second-order valence-corrected chi connectivity index (χ2v) is 10.3. The second kappa shape index (κ2) is 11.5. The van der Waals surface area contributed by atoms with Crippen LogP contribution in [0.2, 0.25) is 0 Å². The maximum absolute atomic E-state index is 13.2. The van der Waals surface area contributed by atoms with Gasteiger partial charge in [0.15, 0.2) is 22.4 Å². The van der Waals surface area contributed by atoms with Gasteiger partial charge in [-0.15, -0.1) is 0 Å². The number of halogens is 3. The van der Waals surface area contributed by atoms with Crippen LogP contribution in [0.4, 0.5) is 24.5 Å². The molecule has 11 heteroatoms. The van der Waals surface area contributed by atoms with Gasteiger partial charge in [0, 0.05) is 0 Å². The summed E-state index contributed by atoms with van der Waals surface area (Å²) in [5.74, 6) is -0.537. The Kier molecular flexibility index (Phi) is 8.31. The number of amides is 2. The number of ether oxygens (including phenoxy) is 2. The van der Waals surface area contributed by atoms with Gasteiger partial charge in [0.05, 0.1) is 29.0 Å². The Labute approximate surface area is 232 Å². The molecule has 202 valence electrons. The van der Waals surface area contributed by atoms with Crippen molar-refractivity contribution in [2.45, 2.75) is 20.0 Å². The molecular weight excluding hydrogens is 549 g/mol. The molecule has 6 nitrogen and oxygen atoms in total. The zero-order chi connectivity index (χ0) is 28.3. The molecule has 1 aliphatic heterocycles. The lowest BCUT2D eigenvalue weighted by molar-refractivity contribution is -0.137. The van der Waals surface area contributed by atoms with E-state index in [2.05, 4.69) is 5.32 Å². The van der Waals surface area contributed by atoms with Crippen LogP contribution in [-0.4, -0.2) is 29.9 Å². The number of hydrogen-bond donors (Lipinski definition) is 1. The molecule has 0 aliphatic carbocycles. The standard InChI is InChI=1S/C28H23F3N2O4S2/c1-16-8-10-19(12-17(16)2)33-26(35)24(39-27(33)38)14-18-9-11-22(23(13-18)36-3)37-15-25(34)32-21-7-5-4-6-20(21)28(29,30)31/h4-14H,15H2,1-3H3,(H,32,34)/b24-14-. The third-order valence-electron chi connectivity index (χ3n) is 5.89. The lowest BCUT2D eigenvalue weighted by Crippen LogP contribution is -2.27. The summed E-state index contributed by atoms with van der Waals surface area (Å²) in [5.41, 5.74) is 2.16. The molecule has 0 radical (unpaired) electrons. The van der Waals surface area contributed by atoms with Gasteiger partial charge >= 0.3 is 6.18 Å². The van der Waals surface area contributed by atoms with E-state index in [0.717, 1.165) is 17.2 Å². The Hall–Kier alpha value is -3.83. The zero-order valence-electron chi connectivity index (χ0n) is 21.1. The van der Waals surface area contributed by atoms with E-state index in [1.54, 1.807) is 24.3 Å². The summed E-state index contributed by atoms with van der Waals surface area (Å²) >= 11 is 6.64. The summed E-state index contributed by atoms with van der Waals surface area (Å²) in [6, 6.07) is 15.2. The largest absolute Gasteiger partial charge is 0.493 e. The Morgan fingerprint density at radius 2 is 1.79 bits per heavy atom. The van der Waals surface area contributed by atoms with E-state index in [0.29, 0.717) is 20.5 Å². The number of nitrogens with one attached hydrogen (secondary N) is 1. The lowest BCUT2D eigenvalue weighted by atomic mass is 10.1. The molecule has 4 rings (SSSR count). The maximum Gasteiger partial charge on any atom is 0.418 e. The highest BCUT2D eigenvalue weighted by molar-refractivity contribution is 8.27. The molecule has 0 aromatic heterocycles. The topological polar surface area (TPSA) is 67.9 Å². The van der Waals surface area contributed by atoms with Crippen LogP contribution in [0.1, 0.15) is 22.3 Å². The summed E-state index contributed by atoms with van der Waals surface area (Å²) in [6.07, 6.45) is -2.94. The molecule has 3 aromatic rings. The van der Waals surface area contributed by atoms with Gasteiger partial charge in [0.1, 0.15) is 0 Å². The van der Waals surface area contributed by atoms with Crippen LogP contribution in [0.15, 0.2) is 65.6 Å². The first-order chi connectivity index (χ1) is 18.5. The molecule has 2 amide bonds. The van der Waals surface area contributed by atoms with Crippen LogP contribution in [-0.2, 0) is 15.8 Å². The van der Waals surface area contributed by atoms with Gasteiger partial charge in [-0.2, -0.15) is 13.2 Å². The molecule has 1 saturated heterocycles. The maximum atomic E-state index is 13.2. The van der Waals surface area contributed by atoms with Gasteiger partial charge in [0.2, 0.25) is 0 Å². The minimum Gasteiger partial charge on any atom is -0.493 e. The molecule has 0 atom stereocenters. The monoisotopic (exact) mass is 572 g/mol. The van der Waals surface area contributed by atoms with E-state index in [1.807, 2.05) is 32.0 Å². The lowest BCUT2D eigenvalue weighted by Gasteiger charge is -2.16. The first kappa shape index (κ1) is 28.2. The quantitative estimate of drug-likeness (QED) is 0.250. The summed E-state index contributed by atoms with van der Waals surface area (Å²) in [4.78, 5) is 27.4. The zero-order valence-corrected chi connectivity index (χ0v) is 22.7. The summed E-state index contributed by atoms with van der Waals surface area (Å²) in [5, 5.41) is 2.23. The number of methoxy groups -OCH3 is 1. The minimum atomic E-state index is -4.61. The number of thioether (sulfide) groups is 1. The van der Waals surface area contributed by atoms with E-state index in [1.165, 1.54) is 42.0 Å². The number of nitrogens with zero attached hydrogens (tertiary/aromatic N) is 1. The smallest absolute Gasteiger partial charge is 0.418 e. The van der Waals surface area contributed by atoms with Crippen molar-refractivity contribution in [2.24, 2.45) is 0 Å². The summed E-state index contributed by atoms with van der Waals surface area (Å²) < 4.78 is 50.8. The van der Waals surface area contributed by atoms with Crippen LogP contribution >= 0.6 is 24.0 Å². The van der Waals surface area contributed by atoms with Gasteiger partial charge < -0.3 is 14.8 Å². The van der Waals surface area contributed by atoms with Crippen molar-refractivity contribution in [2.75, 3.05) is 23.9 Å². The van der Waals surface area contributed by atoms with Crippen molar-refractivity contribution in [3.63, 3.8) is 0 Å². The molecule has 39 heavy (non-hydrogen) atoms. The van der Waals surface area contributed by atoms with E-state index in [-0.39, 0.29) is 23.1 Å². The highest BCUT2D eigenvalue weighted by atomic mass is 32.2. The third-order valence-corrected chi connectivity index (χ3v) is 7.20. The van der Waals surface area contributed by atoms with Crippen LogP contribution in [0.5, 0.6) is 11.5 Å². The van der Waals surface area contributed by atoms with Crippen molar-refractivity contribution >= 4 is 57.6 Å². The van der Waals surface area contributed by atoms with Gasteiger partial charge in [-0.05, 0) is 73.0 Å². The number of carbonyl (C=O) groups is 2. The fraction of sp³-hybridized carbons (Fsp3) is 0.179. The Balaban J connectivity index is 1.46. The molecule has 3 aromatic carbocycles. The first-order valence-corrected chi connectivity index (χ1v) is 12.8. The Morgan fingerprint density at radius 1 is 1.05 bits per heavy atom. The number of hydrogen-bond acceptors (Lipinski definition) is 6. The fourth-order valence-corrected chi connectivity index (χ4v) is 5.07. The number of para-hydroxylation sites is 1. The highest BCUT2D eigenvalue weighted by Crippen LogP contribution is 2.38. The average Bonchev–Trinajstić information content (AvgIpc) is 3.16. The predicted octanol–water partition coefficient (Wildman–Crippen LogP) is 6.75. The van der Waals surface area contributed by atoms with Crippen molar-refractivity contribution in [3.05, 3.63) is 87.8 Å². The first-order valence-electron chi connectivity index (χ1n) is 11.6. The van der Waals surface area contributed by atoms with Crippen molar-refractivity contribution in [1.29, 1.82) is 0 Å². The fourth-order valence-electron chi connectivity index (χ4n) is 3.77. The molecule has 0 bridgehead atoms. The van der Waals surface area contributed by atoms with Gasteiger partial charge in [-0.3, -0.25) is 14.5 Å². The molecule has 0 unspecified atom stereocenters. The average molecular weight is 573 g/mol. The normalized spacial score (nSPS) is 14.6. The van der Waals surface area contributed by atoms with E-state index < -0.39 is 24.3 Å². The van der Waals surface area contributed by atoms with E-state index in [9.17, 15) is 22.8 Å². The SMILES string of the molecule is COc1cc(/C=C2\SC(=S)N(c3ccc(C)c(C)c3)C2=O)ccc1OCC(=O)Nc1ccccc1C(F)(F)F. The van der Waals surface area contributed by atoms with Crippen LogP contribution in [0.25, 0.3) is 6.08 Å². The Morgan fingerprint density at radius 3 is 2.49 bits per heavy atom. The molecule has 1 N–H and O–H groups in total. The van der Waals surface area contributed by atoms with E-state index >= 15 is 0 Å². The van der Waals surface area contributed by atoms with E-state index in [4.69, 9.17) is 21.7 Å². The Bertz CT molecular complexity index is 1490. The number of thiocarbonyl (C=S) groups is 1. The number of rotatable bonds is 7. The summed E-state index contributed by atoms with van der Waals surface area (Å²) in [7, 11) is 1.41. The number of alkyl halides is 3. The predicted molar refractivity (Wildman–Crippen MR) is 150 cm³/mol. The molecule has 1 fully saturated rings. The summed E-state index contributed by atoms with van der Waals surface area (Å²) in [6.45, 7) is 3.41. The third kappa shape index (κ3) is 6.43. The second-order valence-electron chi connectivity index (χ2n) is 8.58. The molecule has 0 saturated carbocycles. The van der Waals surface area contributed by atoms with Gasteiger partial charge in [-0.25, -0.2) is 0 Å². The van der Waals surface area contributed by atoms with Crippen molar-refractivity contribution in [3.8, 4) is 11.5 Å². The van der Waals surface area contributed by atoms with Crippen LogP contribution < -0.4 is 19.7 Å². The van der Waals surface area contributed by atoms with Crippen molar-refractivity contribution in [1.82, 2.24) is 0 Å². The molecule has 1 heterocycles.